The second kappa shape index (κ2) is 6.75. The molecule has 23 heavy (non-hydrogen) atoms. The summed E-state index contributed by atoms with van der Waals surface area (Å²) in [4.78, 5) is 1.71. The number of hydrogen-bond acceptors (Lipinski definition) is 5. The fourth-order valence-electron chi connectivity index (χ4n) is 2.70. The number of methoxy groups -OCH3 is 1. The normalized spacial score (nSPS) is 12.5. The number of tetrazole rings is 1. The molecular formula is C17H21N5O. The Balaban J connectivity index is 1.99. The first-order valence-corrected chi connectivity index (χ1v) is 7.69. The zero-order valence-electron chi connectivity index (χ0n) is 13.7. The van der Waals surface area contributed by atoms with Crippen molar-refractivity contribution >= 4 is 10.8 Å². The summed E-state index contributed by atoms with van der Waals surface area (Å²) in [5.74, 6) is 1.55. The topological polar surface area (TPSA) is 64.9 Å². The molecule has 3 aromatic rings. The molecule has 1 heterocycles. The Morgan fingerprint density at radius 1 is 1.17 bits per heavy atom. The minimum absolute atomic E-state index is 0.0650. The average molecular weight is 311 g/mol. The fourth-order valence-corrected chi connectivity index (χ4v) is 2.70. The monoisotopic (exact) mass is 311 g/mol. The lowest BCUT2D eigenvalue weighted by Gasteiger charge is -2.16. The molecule has 1 atom stereocenters. The molecule has 120 valence electrons. The average Bonchev–Trinajstić information content (AvgIpc) is 3.01. The standard InChI is InChI=1S/C17H21N5O/c1-12-19-21-22(20-12)17(8-9-18-2)15-5-4-14-11-16(23-3)7-6-13(14)10-15/h4-7,10-11,17-18H,8-9H2,1-3H3. The van der Waals surface area contributed by atoms with Gasteiger partial charge in [-0.05, 0) is 66.7 Å². The van der Waals surface area contributed by atoms with Gasteiger partial charge in [-0.2, -0.15) is 4.80 Å². The van der Waals surface area contributed by atoms with Crippen molar-refractivity contribution in [1.82, 2.24) is 25.5 Å². The summed E-state index contributed by atoms with van der Waals surface area (Å²) in [6.07, 6.45) is 0.897. The third-order valence-corrected chi connectivity index (χ3v) is 3.93. The van der Waals surface area contributed by atoms with Crippen LogP contribution in [0.4, 0.5) is 0 Å². The molecule has 2 aromatic carbocycles. The van der Waals surface area contributed by atoms with Crippen molar-refractivity contribution < 1.29 is 4.74 Å². The van der Waals surface area contributed by atoms with E-state index < -0.39 is 0 Å². The molecule has 3 rings (SSSR count). The maximum Gasteiger partial charge on any atom is 0.171 e. The van der Waals surface area contributed by atoms with Gasteiger partial charge in [0, 0.05) is 0 Å². The van der Waals surface area contributed by atoms with Gasteiger partial charge in [-0.1, -0.05) is 18.2 Å². The molecule has 0 bridgehead atoms. The van der Waals surface area contributed by atoms with E-state index in [2.05, 4.69) is 45.0 Å². The number of rotatable bonds is 6. The lowest BCUT2D eigenvalue weighted by atomic mass is 10.00. The van der Waals surface area contributed by atoms with E-state index in [-0.39, 0.29) is 6.04 Å². The van der Waals surface area contributed by atoms with Gasteiger partial charge in [-0.3, -0.25) is 0 Å². The summed E-state index contributed by atoms with van der Waals surface area (Å²) < 4.78 is 5.28. The van der Waals surface area contributed by atoms with Gasteiger partial charge in [0.05, 0.1) is 13.2 Å². The number of aryl methyl sites for hydroxylation is 1. The van der Waals surface area contributed by atoms with E-state index in [0.717, 1.165) is 24.1 Å². The highest BCUT2D eigenvalue weighted by molar-refractivity contribution is 5.84. The predicted molar refractivity (Wildman–Crippen MR) is 89.7 cm³/mol. The lowest BCUT2D eigenvalue weighted by molar-refractivity contribution is 0.415. The Labute approximate surface area is 135 Å². The highest BCUT2D eigenvalue weighted by Crippen LogP contribution is 2.27. The number of nitrogens with one attached hydrogen (secondary N) is 1. The number of aromatic nitrogens is 4. The van der Waals surface area contributed by atoms with Crippen molar-refractivity contribution in [3.8, 4) is 5.75 Å². The first kappa shape index (κ1) is 15.4. The van der Waals surface area contributed by atoms with Crippen LogP contribution in [0.1, 0.15) is 23.9 Å². The van der Waals surface area contributed by atoms with Gasteiger partial charge in [-0.25, -0.2) is 0 Å². The van der Waals surface area contributed by atoms with Crippen molar-refractivity contribution in [3.63, 3.8) is 0 Å². The molecule has 6 heteroatoms. The predicted octanol–water partition coefficient (Wildman–Crippen LogP) is 2.34. The Hall–Kier alpha value is -2.47. The van der Waals surface area contributed by atoms with Crippen LogP contribution >= 0.6 is 0 Å². The van der Waals surface area contributed by atoms with Crippen molar-refractivity contribution in [2.24, 2.45) is 0 Å². The number of ether oxygens (including phenoxy) is 1. The van der Waals surface area contributed by atoms with E-state index in [1.807, 2.05) is 26.1 Å². The molecule has 0 saturated heterocycles. The SMILES string of the molecule is CNCCC(c1ccc2cc(OC)ccc2c1)n1nnc(C)n1. The summed E-state index contributed by atoms with van der Waals surface area (Å²) in [5, 5.41) is 18.1. The van der Waals surface area contributed by atoms with E-state index in [1.54, 1.807) is 11.9 Å². The molecule has 0 radical (unpaired) electrons. The van der Waals surface area contributed by atoms with Crippen molar-refractivity contribution in [2.45, 2.75) is 19.4 Å². The van der Waals surface area contributed by atoms with Crippen LogP contribution in [-0.2, 0) is 0 Å². The van der Waals surface area contributed by atoms with Gasteiger partial charge >= 0.3 is 0 Å². The molecule has 0 aliphatic heterocycles. The molecule has 0 saturated carbocycles. The lowest BCUT2D eigenvalue weighted by Crippen LogP contribution is -2.20. The van der Waals surface area contributed by atoms with Crippen molar-refractivity contribution in [3.05, 3.63) is 47.8 Å². The van der Waals surface area contributed by atoms with Crippen molar-refractivity contribution in [2.75, 3.05) is 20.7 Å². The highest BCUT2D eigenvalue weighted by atomic mass is 16.5. The minimum atomic E-state index is 0.0650. The van der Waals surface area contributed by atoms with Gasteiger partial charge in [0.25, 0.3) is 0 Å². The zero-order chi connectivity index (χ0) is 16.2. The Kier molecular flexibility index (Phi) is 4.52. The van der Waals surface area contributed by atoms with Gasteiger partial charge in [0.2, 0.25) is 0 Å². The van der Waals surface area contributed by atoms with E-state index in [0.29, 0.717) is 5.82 Å². The summed E-state index contributed by atoms with van der Waals surface area (Å²) >= 11 is 0. The molecule has 0 spiro atoms. The van der Waals surface area contributed by atoms with E-state index in [4.69, 9.17) is 4.74 Å². The van der Waals surface area contributed by atoms with E-state index in [1.165, 1.54) is 10.9 Å². The Morgan fingerprint density at radius 2 is 1.96 bits per heavy atom. The Morgan fingerprint density at radius 3 is 2.65 bits per heavy atom. The van der Waals surface area contributed by atoms with Gasteiger partial charge in [-0.15, -0.1) is 10.2 Å². The van der Waals surface area contributed by atoms with Crippen LogP contribution in [0.3, 0.4) is 0 Å². The van der Waals surface area contributed by atoms with Crippen molar-refractivity contribution in [1.29, 1.82) is 0 Å². The molecule has 1 aromatic heterocycles. The first-order valence-electron chi connectivity index (χ1n) is 7.69. The largest absolute Gasteiger partial charge is 0.497 e. The fraction of sp³-hybridized carbons (Fsp3) is 0.353. The number of nitrogens with zero attached hydrogens (tertiary/aromatic N) is 4. The minimum Gasteiger partial charge on any atom is -0.497 e. The van der Waals surface area contributed by atoms with Crippen LogP contribution in [0, 0.1) is 6.92 Å². The molecule has 6 nitrogen and oxygen atoms in total. The summed E-state index contributed by atoms with van der Waals surface area (Å²) in [6, 6.07) is 12.6. The highest BCUT2D eigenvalue weighted by Gasteiger charge is 2.17. The second-order valence-electron chi connectivity index (χ2n) is 5.54. The number of fused-ring (bicyclic) bond motifs is 1. The molecule has 0 aliphatic rings. The third-order valence-electron chi connectivity index (χ3n) is 3.93. The van der Waals surface area contributed by atoms with Crippen LogP contribution in [0.15, 0.2) is 36.4 Å². The molecule has 1 N–H and O–H groups in total. The molecule has 0 amide bonds. The molecule has 1 unspecified atom stereocenters. The van der Waals surface area contributed by atoms with Crippen LogP contribution in [0.5, 0.6) is 5.75 Å². The zero-order valence-corrected chi connectivity index (χ0v) is 13.7. The van der Waals surface area contributed by atoms with Crippen LogP contribution in [0.2, 0.25) is 0 Å². The third kappa shape index (κ3) is 3.32. The van der Waals surface area contributed by atoms with Crippen LogP contribution < -0.4 is 10.1 Å². The van der Waals surface area contributed by atoms with Crippen LogP contribution in [-0.4, -0.2) is 40.9 Å². The number of benzene rings is 2. The maximum absolute atomic E-state index is 5.28. The maximum atomic E-state index is 5.28. The number of hydrogen-bond donors (Lipinski definition) is 1. The smallest absolute Gasteiger partial charge is 0.171 e. The summed E-state index contributed by atoms with van der Waals surface area (Å²) in [6.45, 7) is 2.73. The summed E-state index contributed by atoms with van der Waals surface area (Å²) in [7, 11) is 3.63. The van der Waals surface area contributed by atoms with Gasteiger partial charge in [0.15, 0.2) is 5.82 Å². The molecular weight excluding hydrogens is 290 g/mol. The quantitative estimate of drug-likeness (QED) is 0.757. The van der Waals surface area contributed by atoms with Crippen LogP contribution in [0.25, 0.3) is 10.8 Å². The summed E-state index contributed by atoms with van der Waals surface area (Å²) in [5.41, 5.74) is 1.18. The van der Waals surface area contributed by atoms with Gasteiger partial charge < -0.3 is 10.1 Å². The molecule has 0 fully saturated rings. The first-order chi connectivity index (χ1) is 11.2. The van der Waals surface area contributed by atoms with E-state index in [9.17, 15) is 0 Å². The Bertz CT molecular complexity index is 799. The second-order valence-corrected chi connectivity index (χ2v) is 5.54. The van der Waals surface area contributed by atoms with Gasteiger partial charge in [0.1, 0.15) is 5.75 Å². The molecule has 0 aliphatic carbocycles. The van der Waals surface area contributed by atoms with E-state index >= 15 is 0 Å².